The summed E-state index contributed by atoms with van der Waals surface area (Å²) in [5.41, 5.74) is 0. The molecule has 0 rings (SSSR count). The Morgan fingerprint density at radius 1 is 1.00 bits per heavy atom. The Balaban J connectivity index is 4.24. The largest absolute Gasteiger partial charge is 0.463 e. The molecule has 0 N–H and O–H groups in total. The smallest absolute Gasteiger partial charge is 0.354 e. The average molecular weight is 257 g/mol. The van der Waals surface area contributed by atoms with Crippen LogP contribution >= 0.6 is 23.2 Å². The van der Waals surface area contributed by atoms with Gasteiger partial charge in [0.15, 0.2) is 0 Å². The van der Waals surface area contributed by atoms with Crippen LogP contribution in [0.3, 0.4) is 0 Å². The van der Waals surface area contributed by atoms with E-state index in [9.17, 15) is 9.59 Å². The van der Waals surface area contributed by atoms with Crippen molar-refractivity contribution in [1.29, 1.82) is 0 Å². The van der Waals surface area contributed by atoms with Crippen LogP contribution in [0, 0.1) is 0 Å². The Morgan fingerprint density at radius 2 is 1.33 bits per heavy atom. The highest BCUT2D eigenvalue weighted by Gasteiger charge is 2.45. The first-order valence-corrected chi connectivity index (χ1v) is 5.44. The average Bonchev–Trinajstić information content (AvgIpc) is 2.21. The summed E-state index contributed by atoms with van der Waals surface area (Å²) in [6.45, 7) is 3.96. The molecule has 0 saturated heterocycles. The predicted octanol–water partition coefficient (Wildman–Crippen LogP) is 2.07. The van der Waals surface area contributed by atoms with Crippen LogP contribution in [0.1, 0.15) is 26.7 Å². The number of hydrogen-bond acceptors (Lipinski definition) is 4. The lowest BCUT2D eigenvalue weighted by molar-refractivity contribution is -0.155. The monoisotopic (exact) mass is 256 g/mol. The molecule has 0 bridgehead atoms. The fourth-order valence-corrected chi connectivity index (χ4v) is 0.872. The van der Waals surface area contributed by atoms with E-state index in [1.165, 1.54) is 0 Å². The number of halogens is 2. The maximum Gasteiger partial charge on any atom is 0.354 e. The van der Waals surface area contributed by atoms with Crippen LogP contribution in [0.4, 0.5) is 0 Å². The van der Waals surface area contributed by atoms with Gasteiger partial charge in [-0.15, -0.1) is 0 Å². The molecular formula is C9H14Cl2O4. The van der Waals surface area contributed by atoms with Crippen molar-refractivity contribution in [3.8, 4) is 0 Å². The van der Waals surface area contributed by atoms with Crippen molar-refractivity contribution >= 4 is 35.1 Å². The van der Waals surface area contributed by atoms with Gasteiger partial charge in [-0.25, -0.2) is 9.59 Å². The van der Waals surface area contributed by atoms with Crippen molar-refractivity contribution in [3.05, 3.63) is 0 Å². The molecule has 0 saturated carbocycles. The number of rotatable bonds is 6. The Kier molecular flexibility index (Phi) is 6.68. The van der Waals surface area contributed by atoms with Gasteiger partial charge in [-0.1, -0.05) is 37.0 Å². The maximum absolute atomic E-state index is 11.2. The Hall–Kier alpha value is -0.480. The Bertz CT molecular complexity index is 206. The molecular weight excluding hydrogens is 243 g/mol. The van der Waals surface area contributed by atoms with Crippen LogP contribution in [0.5, 0.6) is 0 Å². The summed E-state index contributed by atoms with van der Waals surface area (Å²) in [5, 5.41) is 0. The minimum absolute atomic E-state index is 0.168. The predicted molar refractivity (Wildman–Crippen MR) is 56.9 cm³/mol. The summed E-state index contributed by atoms with van der Waals surface area (Å²) in [6.07, 6.45) is 1.25. The molecule has 0 spiro atoms. The van der Waals surface area contributed by atoms with Crippen LogP contribution in [0.25, 0.3) is 0 Å². The van der Waals surface area contributed by atoms with Crippen molar-refractivity contribution in [1.82, 2.24) is 0 Å². The van der Waals surface area contributed by atoms with E-state index in [4.69, 9.17) is 23.2 Å². The molecule has 4 nitrogen and oxygen atoms in total. The number of esters is 2. The van der Waals surface area contributed by atoms with Crippen LogP contribution in [-0.4, -0.2) is 29.5 Å². The number of hydrogen-bond donors (Lipinski definition) is 0. The number of alkyl halides is 2. The van der Waals surface area contributed by atoms with Gasteiger partial charge in [0, 0.05) is 0 Å². The quantitative estimate of drug-likeness (QED) is 0.415. The van der Waals surface area contributed by atoms with Crippen molar-refractivity contribution in [2.45, 2.75) is 31.0 Å². The van der Waals surface area contributed by atoms with Crippen molar-refractivity contribution in [2.75, 3.05) is 13.2 Å². The van der Waals surface area contributed by atoms with E-state index < -0.39 is 16.3 Å². The molecule has 88 valence electrons. The lowest BCUT2D eigenvalue weighted by Gasteiger charge is -2.16. The summed E-state index contributed by atoms with van der Waals surface area (Å²) in [7, 11) is 0. The summed E-state index contributed by atoms with van der Waals surface area (Å²) in [4.78, 5) is 22.5. The second kappa shape index (κ2) is 6.90. The van der Waals surface area contributed by atoms with E-state index in [0.29, 0.717) is 12.8 Å². The maximum atomic E-state index is 11.2. The van der Waals surface area contributed by atoms with Gasteiger partial charge in [0.05, 0.1) is 13.2 Å². The topological polar surface area (TPSA) is 52.6 Å². The minimum atomic E-state index is -2.26. The van der Waals surface area contributed by atoms with Crippen LogP contribution in [0.2, 0.25) is 0 Å². The van der Waals surface area contributed by atoms with E-state index in [2.05, 4.69) is 9.47 Å². The molecule has 0 radical (unpaired) electrons. The van der Waals surface area contributed by atoms with Gasteiger partial charge in [0.25, 0.3) is 0 Å². The van der Waals surface area contributed by atoms with E-state index in [1.54, 1.807) is 0 Å². The van der Waals surface area contributed by atoms with Gasteiger partial charge >= 0.3 is 16.3 Å². The fraction of sp³-hybridized carbons (Fsp3) is 0.778. The molecule has 0 aliphatic carbocycles. The zero-order valence-electron chi connectivity index (χ0n) is 8.72. The highest BCUT2D eigenvalue weighted by atomic mass is 35.5. The second-order valence-corrected chi connectivity index (χ2v) is 4.17. The van der Waals surface area contributed by atoms with Crippen LogP contribution < -0.4 is 0 Å². The van der Waals surface area contributed by atoms with Crippen LogP contribution in [-0.2, 0) is 19.1 Å². The molecule has 0 aliphatic rings. The first kappa shape index (κ1) is 14.5. The summed E-state index contributed by atoms with van der Waals surface area (Å²) in [6, 6.07) is 0. The zero-order valence-corrected chi connectivity index (χ0v) is 10.2. The van der Waals surface area contributed by atoms with Crippen LogP contribution in [0.15, 0.2) is 0 Å². The van der Waals surface area contributed by atoms with Crippen molar-refractivity contribution in [2.24, 2.45) is 0 Å². The first-order valence-electron chi connectivity index (χ1n) is 4.69. The molecule has 0 aliphatic heterocycles. The SMILES string of the molecule is CCCOC(=O)C(Cl)(Cl)C(=O)OCCC. The highest BCUT2D eigenvalue weighted by molar-refractivity contribution is 6.66. The van der Waals surface area contributed by atoms with Gasteiger partial charge in [-0.3, -0.25) is 0 Å². The van der Waals surface area contributed by atoms with Gasteiger partial charge in [-0.05, 0) is 12.8 Å². The Morgan fingerprint density at radius 3 is 1.60 bits per heavy atom. The normalized spacial score (nSPS) is 10.9. The van der Waals surface area contributed by atoms with Gasteiger partial charge < -0.3 is 9.47 Å². The molecule has 0 aromatic carbocycles. The second-order valence-electron chi connectivity index (χ2n) is 2.85. The highest BCUT2D eigenvalue weighted by Crippen LogP contribution is 2.24. The number of carbonyl (C=O) groups is 2. The van der Waals surface area contributed by atoms with E-state index >= 15 is 0 Å². The first-order chi connectivity index (χ1) is 6.96. The van der Waals surface area contributed by atoms with E-state index in [1.807, 2.05) is 13.8 Å². The molecule has 0 unspecified atom stereocenters. The minimum Gasteiger partial charge on any atom is -0.463 e. The molecule has 0 atom stereocenters. The third-order valence-corrected chi connectivity index (χ3v) is 2.00. The fourth-order valence-electron chi connectivity index (χ4n) is 0.654. The number of ether oxygens (including phenoxy) is 2. The van der Waals surface area contributed by atoms with Gasteiger partial charge in [-0.2, -0.15) is 0 Å². The van der Waals surface area contributed by atoms with E-state index in [0.717, 1.165) is 0 Å². The molecule has 0 aromatic rings. The van der Waals surface area contributed by atoms with Gasteiger partial charge in [0.2, 0.25) is 0 Å². The van der Waals surface area contributed by atoms with Gasteiger partial charge in [0.1, 0.15) is 0 Å². The third-order valence-electron chi connectivity index (χ3n) is 1.39. The molecule has 0 aromatic heterocycles. The summed E-state index contributed by atoms with van der Waals surface area (Å²) in [5.74, 6) is -1.98. The van der Waals surface area contributed by atoms with Crippen molar-refractivity contribution in [3.63, 3.8) is 0 Å². The standard InChI is InChI=1S/C9H14Cl2O4/c1-3-5-14-7(12)9(10,11)8(13)15-6-4-2/h3-6H2,1-2H3. The molecule has 15 heavy (non-hydrogen) atoms. The summed E-state index contributed by atoms with van der Waals surface area (Å²) >= 11 is 11.0. The molecule has 0 amide bonds. The Labute approximate surface area is 98.8 Å². The lowest BCUT2D eigenvalue weighted by atomic mass is 10.4. The third kappa shape index (κ3) is 4.71. The zero-order chi connectivity index (χ0) is 11.9. The number of carbonyl (C=O) groups excluding carboxylic acids is 2. The molecule has 0 heterocycles. The van der Waals surface area contributed by atoms with E-state index in [-0.39, 0.29) is 13.2 Å². The summed E-state index contributed by atoms with van der Waals surface area (Å²) < 4.78 is 7.05. The molecule has 0 fully saturated rings. The van der Waals surface area contributed by atoms with Crippen molar-refractivity contribution < 1.29 is 19.1 Å². The molecule has 6 heteroatoms. The lowest BCUT2D eigenvalue weighted by Crippen LogP contribution is -2.38.